The zero-order valence-corrected chi connectivity index (χ0v) is 9.49. The number of hydrogen-bond acceptors (Lipinski definition) is 4. The summed E-state index contributed by atoms with van der Waals surface area (Å²) in [4.78, 5) is 35.9. The van der Waals surface area contributed by atoms with Gasteiger partial charge in [0.25, 0.3) is 5.91 Å². The van der Waals surface area contributed by atoms with Gasteiger partial charge in [-0.3, -0.25) is 19.9 Å². The van der Waals surface area contributed by atoms with Gasteiger partial charge in [-0.15, -0.1) is 0 Å². The Morgan fingerprint density at radius 2 is 2.06 bits per heavy atom. The number of hydrazine groups is 1. The van der Waals surface area contributed by atoms with Gasteiger partial charge in [-0.05, 0) is 12.8 Å². The van der Waals surface area contributed by atoms with Crippen molar-refractivity contribution in [2.75, 3.05) is 6.54 Å². The molecule has 0 radical (unpaired) electrons. The number of hydrogen-bond donors (Lipinski definition) is 3. The number of carbonyl (C=O) groups excluding carboxylic acids is 3. The number of urea groups is 1. The van der Waals surface area contributed by atoms with E-state index in [1.807, 2.05) is 5.43 Å². The van der Waals surface area contributed by atoms with Crippen molar-refractivity contribution in [1.29, 1.82) is 0 Å². The maximum absolute atomic E-state index is 12.1. The zero-order chi connectivity index (χ0) is 12.5. The topological polar surface area (TPSA) is 105 Å². The summed E-state index contributed by atoms with van der Waals surface area (Å²) in [5, 5.41) is 2.75. The van der Waals surface area contributed by atoms with Gasteiger partial charge >= 0.3 is 6.03 Å². The fourth-order valence-corrected chi connectivity index (χ4v) is 2.48. The minimum Gasteiger partial charge on any atom is -0.323 e. The summed E-state index contributed by atoms with van der Waals surface area (Å²) in [5.41, 5.74) is 1.27. The number of nitrogens with one attached hydrogen (secondary N) is 2. The standard InChI is InChI=1S/C10H16N4O3/c11-13-7(15)3-6-14-8(16)10(12-9(14)17)4-1-2-5-10/h1-6,11H2,(H,12,17)(H,13,15). The molecular formula is C10H16N4O3. The Balaban J connectivity index is 2.01. The smallest absolute Gasteiger partial charge is 0.323 e. The summed E-state index contributed by atoms with van der Waals surface area (Å²) in [6.45, 7) is 0.0788. The first-order valence-electron chi connectivity index (χ1n) is 5.73. The summed E-state index contributed by atoms with van der Waals surface area (Å²) < 4.78 is 0. The van der Waals surface area contributed by atoms with Crippen LogP contribution in [-0.2, 0) is 9.59 Å². The first-order chi connectivity index (χ1) is 8.09. The summed E-state index contributed by atoms with van der Waals surface area (Å²) in [5.74, 6) is 4.34. The lowest BCUT2D eigenvalue weighted by Gasteiger charge is -2.19. The monoisotopic (exact) mass is 240 g/mol. The van der Waals surface area contributed by atoms with Crippen LogP contribution in [0.25, 0.3) is 0 Å². The van der Waals surface area contributed by atoms with Crippen LogP contribution in [0.15, 0.2) is 0 Å². The molecule has 0 bridgehead atoms. The van der Waals surface area contributed by atoms with E-state index in [2.05, 4.69) is 5.32 Å². The molecular weight excluding hydrogens is 224 g/mol. The van der Waals surface area contributed by atoms with Crippen molar-refractivity contribution >= 4 is 17.8 Å². The van der Waals surface area contributed by atoms with E-state index in [1.54, 1.807) is 0 Å². The average molecular weight is 240 g/mol. The Morgan fingerprint density at radius 1 is 1.41 bits per heavy atom. The van der Waals surface area contributed by atoms with E-state index in [0.717, 1.165) is 17.7 Å². The molecule has 2 aliphatic rings. The van der Waals surface area contributed by atoms with Gasteiger partial charge in [0.1, 0.15) is 5.54 Å². The Labute approximate surface area is 98.7 Å². The number of rotatable bonds is 3. The van der Waals surface area contributed by atoms with Crippen LogP contribution in [0.5, 0.6) is 0 Å². The molecule has 4 N–H and O–H groups in total. The normalized spacial score (nSPS) is 22.1. The zero-order valence-electron chi connectivity index (χ0n) is 9.49. The summed E-state index contributed by atoms with van der Waals surface area (Å²) >= 11 is 0. The van der Waals surface area contributed by atoms with Crippen molar-refractivity contribution in [3.05, 3.63) is 0 Å². The van der Waals surface area contributed by atoms with Crippen LogP contribution < -0.4 is 16.6 Å². The fourth-order valence-electron chi connectivity index (χ4n) is 2.48. The van der Waals surface area contributed by atoms with Gasteiger partial charge in [-0.25, -0.2) is 10.6 Å². The Kier molecular flexibility index (Phi) is 3.01. The van der Waals surface area contributed by atoms with Gasteiger partial charge in [-0.1, -0.05) is 12.8 Å². The quantitative estimate of drug-likeness (QED) is 0.261. The number of carbonyl (C=O) groups is 3. The SMILES string of the molecule is NNC(=O)CCN1C(=O)NC2(CCCC2)C1=O. The summed E-state index contributed by atoms with van der Waals surface area (Å²) in [6, 6.07) is -0.401. The molecule has 0 aromatic heterocycles. The Morgan fingerprint density at radius 3 is 2.65 bits per heavy atom. The second-order valence-corrected chi connectivity index (χ2v) is 4.49. The van der Waals surface area contributed by atoms with Crippen LogP contribution in [0.3, 0.4) is 0 Å². The van der Waals surface area contributed by atoms with Crippen LogP contribution in [-0.4, -0.2) is 34.8 Å². The molecule has 1 saturated carbocycles. The van der Waals surface area contributed by atoms with Crippen LogP contribution in [0, 0.1) is 0 Å². The highest BCUT2D eigenvalue weighted by molar-refractivity contribution is 6.07. The molecule has 1 spiro atoms. The molecule has 7 heteroatoms. The lowest BCUT2D eigenvalue weighted by molar-refractivity contribution is -0.131. The highest BCUT2D eigenvalue weighted by Gasteiger charge is 2.52. The van der Waals surface area contributed by atoms with E-state index in [0.29, 0.717) is 12.8 Å². The van der Waals surface area contributed by atoms with E-state index < -0.39 is 17.5 Å². The average Bonchev–Trinajstić information content (AvgIpc) is 2.86. The molecule has 0 atom stereocenters. The molecule has 2 fully saturated rings. The van der Waals surface area contributed by atoms with Crippen molar-refractivity contribution in [3.8, 4) is 0 Å². The predicted molar refractivity (Wildman–Crippen MR) is 58.4 cm³/mol. The number of nitrogens with two attached hydrogens (primary N) is 1. The highest BCUT2D eigenvalue weighted by Crippen LogP contribution is 2.34. The van der Waals surface area contributed by atoms with Gasteiger partial charge < -0.3 is 5.32 Å². The van der Waals surface area contributed by atoms with E-state index in [-0.39, 0.29) is 18.9 Å². The first kappa shape index (κ1) is 11.8. The second-order valence-electron chi connectivity index (χ2n) is 4.49. The lowest BCUT2D eigenvalue weighted by atomic mass is 9.98. The lowest BCUT2D eigenvalue weighted by Crippen LogP contribution is -2.44. The van der Waals surface area contributed by atoms with E-state index in [4.69, 9.17) is 5.84 Å². The number of amides is 4. The molecule has 1 aliphatic carbocycles. The molecule has 17 heavy (non-hydrogen) atoms. The predicted octanol–water partition coefficient (Wildman–Crippen LogP) is -0.769. The Bertz CT molecular complexity index is 363. The Hall–Kier alpha value is -1.63. The van der Waals surface area contributed by atoms with Crippen LogP contribution >= 0.6 is 0 Å². The van der Waals surface area contributed by atoms with Crippen molar-refractivity contribution in [3.63, 3.8) is 0 Å². The highest BCUT2D eigenvalue weighted by atomic mass is 16.2. The van der Waals surface area contributed by atoms with Crippen LogP contribution in [0.4, 0.5) is 4.79 Å². The molecule has 0 aromatic carbocycles. The number of imide groups is 1. The largest absolute Gasteiger partial charge is 0.325 e. The second kappa shape index (κ2) is 4.33. The van der Waals surface area contributed by atoms with Crippen LogP contribution in [0.2, 0.25) is 0 Å². The summed E-state index contributed by atoms with van der Waals surface area (Å²) in [7, 11) is 0. The van der Waals surface area contributed by atoms with Gasteiger partial charge in [-0.2, -0.15) is 0 Å². The third-order valence-electron chi connectivity index (χ3n) is 3.43. The third-order valence-corrected chi connectivity index (χ3v) is 3.43. The fraction of sp³-hybridized carbons (Fsp3) is 0.700. The molecule has 7 nitrogen and oxygen atoms in total. The molecule has 94 valence electrons. The van der Waals surface area contributed by atoms with Gasteiger partial charge in [0.2, 0.25) is 5.91 Å². The molecule has 2 rings (SSSR count). The van der Waals surface area contributed by atoms with E-state index >= 15 is 0 Å². The third kappa shape index (κ3) is 1.97. The first-order valence-corrected chi connectivity index (χ1v) is 5.73. The van der Waals surface area contributed by atoms with Crippen molar-refractivity contribution < 1.29 is 14.4 Å². The molecule has 1 saturated heterocycles. The van der Waals surface area contributed by atoms with Crippen molar-refractivity contribution in [2.24, 2.45) is 5.84 Å². The van der Waals surface area contributed by atoms with Crippen LogP contribution in [0.1, 0.15) is 32.1 Å². The van der Waals surface area contributed by atoms with E-state index in [1.165, 1.54) is 0 Å². The molecule has 1 heterocycles. The maximum atomic E-state index is 12.1. The van der Waals surface area contributed by atoms with Crippen molar-refractivity contribution in [1.82, 2.24) is 15.6 Å². The molecule has 1 aliphatic heterocycles. The minimum atomic E-state index is -0.698. The van der Waals surface area contributed by atoms with Crippen molar-refractivity contribution in [2.45, 2.75) is 37.6 Å². The van der Waals surface area contributed by atoms with Gasteiger partial charge in [0.05, 0.1) is 0 Å². The molecule has 0 unspecified atom stereocenters. The molecule has 4 amide bonds. The summed E-state index contributed by atoms with van der Waals surface area (Å²) in [6.07, 6.45) is 3.31. The van der Waals surface area contributed by atoms with E-state index in [9.17, 15) is 14.4 Å². The maximum Gasteiger partial charge on any atom is 0.325 e. The van der Waals surface area contributed by atoms with Gasteiger partial charge in [0.15, 0.2) is 0 Å². The molecule has 0 aromatic rings. The number of nitrogens with zero attached hydrogens (tertiary/aromatic N) is 1. The van der Waals surface area contributed by atoms with Gasteiger partial charge in [0, 0.05) is 13.0 Å². The minimum absolute atomic E-state index is 0.0335.